The molecule has 2 aliphatic rings. The highest BCUT2D eigenvalue weighted by molar-refractivity contribution is 5.95. The van der Waals surface area contributed by atoms with Gasteiger partial charge < -0.3 is 10.2 Å². The van der Waals surface area contributed by atoms with E-state index in [1.54, 1.807) is 0 Å². The third kappa shape index (κ3) is 3.74. The third-order valence-electron chi connectivity index (χ3n) is 5.03. The Hall–Kier alpha value is -1.56. The van der Waals surface area contributed by atoms with Crippen molar-refractivity contribution in [1.82, 2.24) is 10.2 Å². The van der Waals surface area contributed by atoms with Gasteiger partial charge >= 0.3 is 6.18 Å². The highest BCUT2D eigenvalue weighted by Gasteiger charge is 2.39. The molecule has 3 nitrogen and oxygen atoms in total. The molecule has 3 rings (SSSR count). The van der Waals surface area contributed by atoms with Gasteiger partial charge in [0.2, 0.25) is 0 Å². The van der Waals surface area contributed by atoms with Crippen molar-refractivity contribution in [3.8, 4) is 0 Å². The highest BCUT2D eigenvalue weighted by atomic mass is 19.4. The van der Waals surface area contributed by atoms with E-state index in [0.29, 0.717) is 11.6 Å². The summed E-state index contributed by atoms with van der Waals surface area (Å²) in [5.41, 5.74) is 0.678. The maximum absolute atomic E-state index is 12.9. The van der Waals surface area contributed by atoms with Crippen LogP contribution in [0, 0.1) is 0 Å². The Morgan fingerprint density at radius 2 is 1.62 bits per heavy atom. The van der Waals surface area contributed by atoms with E-state index in [2.05, 4.69) is 5.32 Å². The van der Waals surface area contributed by atoms with E-state index < -0.39 is 12.1 Å². The van der Waals surface area contributed by atoms with Crippen LogP contribution < -0.4 is 5.32 Å². The van der Waals surface area contributed by atoms with Crippen molar-refractivity contribution in [3.05, 3.63) is 35.4 Å². The number of halogens is 3. The molecule has 1 amide bonds. The molecular formula is C18H23F3N2O. The molecule has 1 aromatic rings. The summed E-state index contributed by atoms with van der Waals surface area (Å²) in [6.07, 6.45) is -0.338. The molecule has 1 atom stereocenters. The molecular weight excluding hydrogens is 317 g/mol. The van der Waals surface area contributed by atoms with Gasteiger partial charge in [0.25, 0.3) is 5.91 Å². The average Bonchev–Trinajstić information content (AvgIpc) is 3.39. The molecule has 1 saturated carbocycles. The smallest absolute Gasteiger partial charge is 0.333 e. The van der Waals surface area contributed by atoms with Crippen molar-refractivity contribution < 1.29 is 18.0 Å². The standard InChI is InChI=1S/C18H23F3N2O/c1-12(18(19,20)21)13-2-4-14(5-3-13)17(24)23(15-6-7-15)16-8-10-22-11-9-16/h2-5,12,15-16,22H,6-11H2,1H3. The Bertz CT molecular complexity index is 575. The van der Waals surface area contributed by atoms with Gasteiger partial charge in [-0.2, -0.15) is 13.2 Å². The molecule has 1 heterocycles. The number of alkyl halides is 3. The molecule has 1 N–H and O–H groups in total. The largest absolute Gasteiger partial charge is 0.395 e. The van der Waals surface area contributed by atoms with Gasteiger partial charge in [-0.15, -0.1) is 0 Å². The second-order valence-corrected chi connectivity index (χ2v) is 6.81. The van der Waals surface area contributed by atoms with Crippen LogP contribution in [0.5, 0.6) is 0 Å². The molecule has 0 bridgehead atoms. The summed E-state index contributed by atoms with van der Waals surface area (Å²) in [6, 6.07) is 6.47. The van der Waals surface area contributed by atoms with Crippen LogP contribution in [0.15, 0.2) is 24.3 Å². The monoisotopic (exact) mass is 340 g/mol. The zero-order chi connectivity index (χ0) is 17.3. The zero-order valence-electron chi connectivity index (χ0n) is 13.8. The van der Waals surface area contributed by atoms with Crippen LogP contribution >= 0.6 is 0 Å². The van der Waals surface area contributed by atoms with Crippen LogP contribution in [0.3, 0.4) is 0 Å². The fourth-order valence-corrected chi connectivity index (χ4v) is 3.32. The summed E-state index contributed by atoms with van der Waals surface area (Å²) in [7, 11) is 0. The van der Waals surface area contributed by atoms with E-state index in [9.17, 15) is 18.0 Å². The molecule has 1 saturated heterocycles. The Kier molecular flexibility index (Phi) is 4.85. The summed E-state index contributed by atoms with van der Waals surface area (Å²) in [5.74, 6) is -1.57. The van der Waals surface area contributed by atoms with E-state index in [4.69, 9.17) is 0 Å². The van der Waals surface area contributed by atoms with Crippen LogP contribution in [-0.4, -0.2) is 42.2 Å². The molecule has 0 aromatic heterocycles. The minimum atomic E-state index is -4.26. The van der Waals surface area contributed by atoms with Gasteiger partial charge in [0.05, 0.1) is 5.92 Å². The van der Waals surface area contributed by atoms with Crippen molar-refractivity contribution >= 4 is 5.91 Å². The second kappa shape index (κ2) is 6.75. The lowest BCUT2D eigenvalue weighted by atomic mass is 9.98. The SMILES string of the molecule is CC(c1ccc(C(=O)N(C2CCNCC2)C2CC2)cc1)C(F)(F)F. The molecule has 132 valence electrons. The van der Waals surface area contributed by atoms with Gasteiger partial charge in [-0.05, 0) is 63.4 Å². The lowest BCUT2D eigenvalue weighted by Crippen LogP contribution is -2.47. The number of nitrogens with one attached hydrogen (secondary N) is 1. The number of nitrogens with zero attached hydrogens (tertiary/aromatic N) is 1. The van der Waals surface area contributed by atoms with Crippen LogP contribution in [0.25, 0.3) is 0 Å². The van der Waals surface area contributed by atoms with Gasteiger partial charge in [0.15, 0.2) is 0 Å². The number of rotatable bonds is 4. The molecule has 0 radical (unpaired) electrons. The molecule has 24 heavy (non-hydrogen) atoms. The first-order chi connectivity index (χ1) is 11.4. The maximum atomic E-state index is 12.9. The van der Waals surface area contributed by atoms with E-state index >= 15 is 0 Å². The molecule has 1 aliphatic carbocycles. The van der Waals surface area contributed by atoms with Gasteiger partial charge in [0, 0.05) is 17.6 Å². The molecule has 1 aromatic carbocycles. The fraction of sp³-hybridized carbons (Fsp3) is 0.611. The summed E-state index contributed by atoms with van der Waals surface area (Å²) in [5, 5.41) is 3.30. The average molecular weight is 340 g/mol. The van der Waals surface area contributed by atoms with Crippen molar-refractivity contribution in [2.45, 2.75) is 56.8 Å². The van der Waals surface area contributed by atoms with Crippen molar-refractivity contribution in [2.75, 3.05) is 13.1 Å². The zero-order valence-corrected chi connectivity index (χ0v) is 13.8. The first-order valence-electron chi connectivity index (χ1n) is 8.58. The van der Waals surface area contributed by atoms with Crippen LogP contribution in [0.4, 0.5) is 13.2 Å². The van der Waals surface area contributed by atoms with Crippen molar-refractivity contribution in [3.63, 3.8) is 0 Å². The number of hydrogen-bond acceptors (Lipinski definition) is 2. The van der Waals surface area contributed by atoms with Crippen molar-refractivity contribution in [2.24, 2.45) is 0 Å². The Labute approximate surface area is 140 Å². The Balaban J connectivity index is 1.75. The number of amides is 1. The van der Waals surface area contributed by atoms with Gasteiger partial charge in [-0.1, -0.05) is 12.1 Å². The number of hydrogen-bond donors (Lipinski definition) is 1. The lowest BCUT2D eigenvalue weighted by molar-refractivity contribution is -0.146. The molecule has 6 heteroatoms. The Morgan fingerprint density at radius 1 is 1.08 bits per heavy atom. The fourth-order valence-electron chi connectivity index (χ4n) is 3.32. The summed E-state index contributed by atoms with van der Waals surface area (Å²) in [4.78, 5) is 14.9. The first-order valence-corrected chi connectivity index (χ1v) is 8.58. The minimum Gasteiger partial charge on any atom is -0.333 e. The van der Waals surface area contributed by atoms with Crippen LogP contribution in [-0.2, 0) is 0 Å². The van der Waals surface area contributed by atoms with E-state index in [0.717, 1.165) is 45.7 Å². The van der Waals surface area contributed by atoms with Crippen LogP contribution in [0.2, 0.25) is 0 Å². The molecule has 2 fully saturated rings. The number of carbonyl (C=O) groups excluding carboxylic acids is 1. The van der Waals surface area contributed by atoms with Crippen LogP contribution in [0.1, 0.15) is 54.4 Å². The summed E-state index contributed by atoms with van der Waals surface area (Å²) in [6.45, 7) is 2.95. The number of benzene rings is 1. The normalized spacial score (nSPS) is 20.7. The highest BCUT2D eigenvalue weighted by Crippen LogP contribution is 2.35. The van der Waals surface area contributed by atoms with Gasteiger partial charge in [0.1, 0.15) is 0 Å². The molecule has 1 unspecified atom stereocenters. The van der Waals surface area contributed by atoms with Crippen molar-refractivity contribution in [1.29, 1.82) is 0 Å². The predicted octanol–water partition coefficient (Wildman–Crippen LogP) is 3.71. The lowest BCUT2D eigenvalue weighted by Gasteiger charge is -2.35. The van der Waals surface area contributed by atoms with E-state index in [1.807, 2.05) is 4.90 Å². The minimum absolute atomic E-state index is 0.0457. The first kappa shape index (κ1) is 17.3. The van der Waals surface area contributed by atoms with Gasteiger partial charge in [-0.25, -0.2) is 0 Å². The second-order valence-electron chi connectivity index (χ2n) is 6.81. The number of piperidine rings is 1. The van der Waals surface area contributed by atoms with E-state index in [-0.39, 0.29) is 17.5 Å². The molecule has 0 spiro atoms. The van der Waals surface area contributed by atoms with E-state index in [1.165, 1.54) is 24.3 Å². The summed E-state index contributed by atoms with van der Waals surface area (Å²) < 4.78 is 38.4. The number of carbonyl (C=O) groups is 1. The topological polar surface area (TPSA) is 32.3 Å². The summed E-state index contributed by atoms with van der Waals surface area (Å²) >= 11 is 0. The predicted molar refractivity (Wildman–Crippen MR) is 86.0 cm³/mol. The Morgan fingerprint density at radius 3 is 2.12 bits per heavy atom. The van der Waals surface area contributed by atoms with Gasteiger partial charge in [-0.3, -0.25) is 4.79 Å². The maximum Gasteiger partial charge on any atom is 0.395 e. The molecule has 1 aliphatic heterocycles. The third-order valence-corrected chi connectivity index (χ3v) is 5.03. The quantitative estimate of drug-likeness (QED) is 0.906.